The van der Waals surface area contributed by atoms with Crippen LogP contribution in [-0.4, -0.2) is 53.0 Å². The average Bonchev–Trinajstić information content (AvgIpc) is 3.47. The van der Waals surface area contributed by atoms with Gasteiger partial charge in [-0.15, -0.1) is 0 Å². The van der Waals surface area contributed by atoms with Crippen molar-refractivity contribution in [1.82, 2.24) is 9.47 Å². The third-order valence-electron chi connectivity index (χ3n) is 6.76. The second kappa shape index (κ2) is 13.1. The van der Waals surface area contributed by atoms with Gasteiger partial charge in [0.25, 0.3) is 0 Å². The molecule has 1 aliphatic rings. The van der Waals surface area contributed by atoms with Gasteiger partial charge in [-0.25, -0.2) is 9.79 Å². The van der Waals surface area contributed by atoms with Crippen molar-refractivity contribution in [1.29, 1.82) is 5.41 Å². The Morgan fingerprint density at radius 2 is 1.81 bits per heavy atom. The van der Waals surface area contributed by atoms with Gasteiger partial charge in [0.1, 0.15) is 13.4 Å². The minimum Gasteiger partial charge on any atom is -0.444 e. The van der Waals surface area contributed by atoms with Crippen LogP contribution in [0.3, 0.4) is 0 Å². The van der Waals surface area contributed by atoms with E-state index in [0.29, 0.717) is 6.54 Å². The van der Waals surface area contributed by atoms with Gasteiger partial charge in [0, 0.05) is 30.4 Å². The highest BCUT2D eigenvalue weighted by Crippen LogP contribution is 2.23. The molecule has 1 atom stereocenters. The highest BCUT2D eigenvalue weighted by molar-refractivity contribution is 6.62. The summed E-state index contributed by atoms with van der Waals surface area (Å²) < 4.78 is 7.81. The molecule has 2 aromatic rings. The van der Waals surface area contributed by atoms with Crippen molar-refractivity contribution < 1.29 is 9.53 Å². The molecule has 1 aliphatic heterocycles. The fourth-order valence-electron chi connectivity index (χ4n) is 4.82. The molecule has 1 fully saturated rings. The summed E-state index contributed by atoms with van der Waals surface area (Å²) >= 11 is 0. The molecule has 0 saturated carbocycles. The van der Waals surface area contributed by atoms with Crippen LogP contribution in [0.5, 0.6) is 0 Å². The molecule has 194 valence electrons. The highest BCUT2D eigenvalue weighted by Gasteiger charge is 2.33. The molecular formula is C29H43BN4O2. The third kappa shape index (κ3) is 7.97. The minimum absolute atomic E-state index is 0.116. The van der Waals surface area contributed by atoms with E-state index in [4.69, 9.17) is 18.0 Å². The Bertz CT molecular complexity index is 1050. The van der Waals surface area contributed by atoms with E-state index in [2.05, 4.69) is 28.7 Å². The molecule has 0 spiro atoms. The maximum absolute atomic E-state index is 12.6. The lowest BCUT2D eigenvalue weighted by molar-refractivity contribution is 0.0267. The van der Waals surface area contributed by atoms with Gasteiger partial charge in [-0.3, -0.25) is 5.41 Å². The highest BCUT2D eigenvalue weighted by atomic mass is 16.6. The monoisotopic (exact) mass is 490 g/mol. The van der Waals surface area contributed by atoms with Crippen LogP contribution in [0.2, 0.25) is 0 Å². The van der Waals surface area contributed by atoms with Crippen molar-refractivity contribution in [3.8, 4) is 0 Å². The zero-order valence-electron chi connectivity index (χ0n) is 22.7. The zero-order chi connectivity index (χ0) is 26.1. The number of nitrogens with zero attached hydrogens (tertiary/aromatic N) is 3. The number of nitrogens with one attached hydrogen (secondary N) is 1. The van der Waals surface area contributed by atoms with Crippen molar-refractivity contribution in [2.75, 3.05) is 6.54 Å². The molecule has 7 heteroatoms. The van der Waals surface area contributed by atoms with E-state index in [1.165, 1.54) is 44.9 Å². The number of fused-ring (bicyclic) bond motifs is 1. The van der Waals surface area contributed by atoms with E-state index in [1.807, 2.05) is 39.0 Å². The average molecular weight is 491 g/mol. The number of aromatic nitrogens is 1. The van der Waals surface area contributed by atoms with Gasteiger partial charge in [-0.2, -0.15) is 0 Å². The molecule has 2 radical (unpaired) electrons. The maximum Gasteiger partial charge on any atom is 0.410 e. The quantitative estimate of drug-likeness (QED) is 0.158. The Balaban J connectivity index is 1.61. The van der Waals surface area contributed by atoms with Crippen LogP contribution in [0, 0.1) is 5.41 Å². The summed E-state index contributed by atoms with van der Waals surface area (Å²) in [5.74, 6) is 0.116. The van der Waals surface area contributed by atoms with Crippen molar-refractivity contribution in [3.05, 3.63) is 36.0 Å². The lowest BCUT2D eigenvalue weighted by Crippen LogP contribution is -2.43. The Kier molecular flexibility index (Phi) is 10.2. The number of amides is 1. The summed E-state index contributed by atoms with van der Waals surface area (Å²) in [7, 11) is 6.32. The smallest absolute Gasteiger partial charge is 0.410 e. The zero-order valence-corrected chi connectivity index (χ0v) is 22.7. The van der Waals surface area contributed by atoms with E-state index >= 15 is 0 Å². The number of carbonyl (C=O) groups excluding carboxylic acids is 1. The molecule has 3 rings (SSSR count). The SMILES string of the molecule is [B]C(=NC(=N)c1ccc2ccn(CCCCCCCCCC)c2c1)[C@@H]1CCCN1C(=O)OC(C)(C)C. The molecule has 1 amide bonds. The van der Waals surface area contributed by atoms with E-state index in [0.717, 1.165) is 42.3 Å². The van der Waals surface area contributed by atoms with E-state index in [-0.39, 0.29) is 23.6 Å². The summed E-state index contributed by atoms with van der Waals surface area (Å²) in [5, 5.41) is 9.75. The number of ether oxygens (including phenoxy) is 1. The fourth-order valence-corrected chi connectivity index (χ4v) is 4.82. The number of hydrogen-bond donors (Lipinski definition) is 1. The Labute approximate surface area is 218 Å². The Morgan fingerprint density at radius 1 is 1.11 bits per heavy atom. The van der Waals surface area contributed by atoms with Gasteiger partial charge >= 0.3 is 6.09 Å². The summed E-state index contributed by atoms with van der Waals surface area (Å²) in [6.07, 6.45) is 13.7. The molecule has 1 saturated heterocycles. The van der Waals surface area contributed by atoms with Crippen molar-refractivity contribution in [3.63, 3.8) is 0 Å². The summed E-state index contributed by atoms with van der Waals surface area (Å²) in [6, 6.07) is 7.77. The van der Waals surface area contributed by atoms with E-state index in [9.17, 15) is 4.79 Å². The fraction of sp³-hybridized carbons (Fsp3) is 0.621. The molecule has 0 unspecified atom stereocenters. The first-order valence-electron chi connectivity index (χ1n) is 13.7. The van der Waals surface area contributed by atoms with Gasteiger partial charge < -0.3 is 14.2 Å². The molecule has 0 aliphatic carbocycles. The number of aryl methyl sites for hydroxylation is 1. The molecule has 1 aromatic heterocycles. The number of likely N-dealkylation sites (tertiary alicyclic amines) is 1. The molecule has 36 heavy (non-hydrogen) atoms. The second-order valence-electron chi connectivity index (χ2n) is 11.0. The largest absolute Gasteiger partial charge is 0.444 e. The minimum atomic E-state index is -0.568. The number of hydrogen-bond acceptors (Lipinski definition) is 3. The predicted octanol–water partition coefficient (Wildman–Crippen LogP) is 7.07. The van der Waals surface area contributed by atoms with Gasteiger partial charge in [0.05, 0.1) is 6.04 Å². The summed E-state index contributed by atoms with van der Waals surface area (Å²) in [6.45, 7) is 9.37. The number of carbonyl (C=O) groups is 1. The second-order valence-corrected chi connectivity index (χ2v) is 11.0. The molecule has 6 nitrogen and oxygen atoms in total. The number of benzene rings is 1. The van der Waals surface area contributed by atoms with Crippen molar-refractivity contribution >= 4 is 36.3 Å². The van der Waals surface area contributed by atoms with Crippen molar-refractivity contribution in [2.45, 2.75) is 110 Å². The van der Waals surface area contributed by atoms with Gasteiger partial charge in [0.15, 0.2) is 5.84 Å². The van der Waals surface area contributed by atoms with Gasteiger partial charge in [-0.05, 0) is 63.2 Å². The standard InChI is InChI=1S/C29H43BN4O2/c1-5-6-7-8-9-10-11-12-18-33-20-17-22-15-16-23(21-25(22)33)27(31)32-26(30)24-14-13-19-34(24)28(35)36-29(2,3)4/h15-17,20-21,24,31H,5-14,18-19H2,1-4H3/t24-/m0/s1. The third-order valence-corrected chi connectivity index (χ3v) is 6.76. The van der Waals surface area contributed by atoms with E-state index < -0.39 is 5.60 Å². The first-order valence-corrected chi connectivity index (χ1v) is 13.7. The molecule has 2 heterocycles. The lowest BCUT2D eigenvalue weighted by Gasteiger charge is -2.28. The van der Waals surface area contributed by atoms with E-state index in [1.54, 1.807) is 4.90 Å². The number of amidine groups is 1. The number of rotatable bonds is 11. The van der Waals surface area contributed by atoms with Crippen LogP contribution in [0.25, 0.3) is 10.9 Å². The first kappa shape index (κ1) is 28.0. The van der Waals surface area contributed by atoms with Crippen LogP contribution >= 0.6 is 0 Å². The summed E-state index contributed by atoms with van der Waals surface area (Å²) in [4.78, 5) is 18.7. The van der Waals surface area contributed by atoms with Crippen molar-refractivity contribution in [2.24, 2.45) is 4.99 Å². The molecule has 1 aromatic carbocycles. The van der Waals surface area contributed by atoms with Gasteiger partial charge in [-0.1, -0.05) is 64.0 Å². The normalized spacial score (nSPS) is 16.6. The Morgan fingerprint density at radius 3 is 2.50 bits per heavy atom. The van der Waals surface area contributed by atoms with Gasteiger partial charge in [0.2, 0.25) is 0 Å². The molecular weight excluding hydrogens is 447 g/mol. The van der Waals surface area contributed by atoms with Crippen LogP contribution in [-0.2, 0) is 11.3 Å². The lowest BCUT2D eigenvalue weighted by atomic mass is 9.91. The predicted molar refractivity (Wildman–Crippen MR) is 151 cm³/mol. The number of unbranched alkanes of at least 4 members (excludes halogenated alkanes) is 7. The van der Waals surface area contributed by atoms with Crippen LogP contribution < -0.4 is 0 Å². The Hall–Kier alpha value is -2.57. The molecule has 0 bridgehead atoms. The first-order chi connectivity index (χ1) is 17.2. The maximum atomic E-state index is 12.6. The topological polar surface area (TPSA) is 70.7 Å². The molecule has 1 N–H and O–H groups in total. The van der Waals surface area contributed by atoms with Crippen LogP contribution in [0.15, 0.2) is 35.5 Å². The van der Waals surface area contributed by atoms with Crippen LogP contribution in [0.1, 0.15) is 97.5 Å². The number of aliphatic imine (C=N–C) groups is 1. The van der Waals surface area contributed by atoms with Crippen LogP contribution in [0.4, 0.5) is 4.79 Å². The summed E-state index contributed by atoms with van der Waals surface area (Å²) in [5.41, 5.74) is 1.56.